The third kappa shape index (κ3) is 4.19. The van der Waals surface area contributed by atoms with Crippen LogP contribution in [0.4, 0.5) is 16.2 Å². The molecule has 29 heavy (non-hydrogen) atoms. The summed E-state index contributed by atoms with van der Waals surface area (Å²) in [5.74, 6) is 0. The van der Waals surface area contributed by atoms with Crippen LogP contribution in [0.1, 0.15) is 0 Å². The van der Waals surface area contributed by atoms with E-state index in [0.29, 0.717) is 15.7 Å². The van der Waals surface area contributed by atoms with Crippen molar-refractivity contribution in [3.8, 4) is 11.3 Å². The molecule has 6 heteroatoms. The van der Waals surface area contributed by atoms with Crippen molar-refractivity contribution in [2.45, 2.75) is 0 Å². The van der Waals surface area contributed by atoms with Crippen LogP contribution >= 0.6 is 23.2 Å². The minimum atomic E-state index is -0.215. The number of aromatic nitrogens is 1. The molecule has 0 aliphatic rings. The molecule has 4 aromatic rings. The molecule has 0 saturated heterocycles. The van der Waals surface area contributed by atoms with Crippen molar-refractivity contribution in [2.24, 2.45) is 0 Å². The second-order valence-corrected chi connectivity index (χ2v) is 7.40. The highest BCUT2D eigenvalue weighted by molar-refractivity contribution is 6.36. The van der Waals surface area contributed by atoms with E-state index < -0.39 is 0 Å². The molecule has 1 aromatic heterocycles. The summed E-state index contributed by atoms with van der Waals surface area (Å²) >= 11 is 12.3. The lowest BCUT2D eigenvalue weighted by Crippen LogP contribution is -2.31. The molecule has 1 heterocycles. The fraction of sp³-hybridized carbons (Fsp3) is 0.0435. The molecule has 0 saturated carbocycles. The van der Waals surface area contributed by atoms with Gasteiger partial charge >= 0.3 is 6.03 Å². The number of anilines is 2. The standard InChI is InChI=1S/C23H17Cl2N3O/c1-28(18-5-3-2-4-6-18)23(29)26-17-9-12-21-15(13-17)7-11-22(27-21)19-10-8-16(24)14-20(19)25/h2-14H,1H3,(H,26,29). The van der Waals surface area contributed by atoms with Crippen LogP contribution in [0.2, 0.25) is 10.0 Å². The predicted octanol–water partition coefficient (Wildman–Crippen LogP) is 6.88. The fourth-order valence-corrected chi connectivity index (χ4v) is 3.53. The summed E-state index contributed by atoms with van der Waals surface area (Å²) in [6.07, 6.45) is 0. The molecule has 0 fully saturated rings. The van der Waals surface area contributed by atoms with Crippen LogP contribution < -0.4 is 10.2 Å². The fourth-order valence-electron chi connectivity index (χ4n) is 3.03. The van der Waals surface area contributed by atoms with Gasteiger partial charge in [0.1, 0.15) is 0 Å². The first-order chi connectivity index (χ1) is 14.0. The van der Waals surface area contributed by atoms with Gasteiger partial charge in [0.15, 0.2) is 0 Å². The number of benzene rings is 3. The van der Waals surface area contributed by atoms with Gasteiger partial charge in [-0.15, -0.1) is 0 Å². The van der Waals surface area contributed by atoms with Crippen LogP contribution in [0.25, 0.3) is 22.2 Å². The lowest BCUT2D eigenvalue weighted by molar-refractivity contribution is 0.258. The maximum atomic E-state index is 12.5. The molecule has 3 aromatic carbocycles. The van der Waals surface area contributed by atoms with Crippen molar-refractivity contribution in [3.63, 3.8) is 0 Å². The number of hydrogen-bond acceptors (Lipinski definition) is 2. The van der Waals surface area contributed by atoms with Gasteiger partial charge in [-0.05, 0) is 54.6 Å². The molecule has 4 rings (SSSR count). The molecular weight excluding hydrogens is 405 g/mol. The van der Waals surface area contributed by atoms with E-state index in [9.17, 15) is 4.79 Å². The molecule has 0 bridgehead atoms. The van der Waals surface area contributed by atoms with Crippen LogP contribution in [-0.2, 0) is 0 Å². The molecule has 0 unspecified atom stereocenters. The molecule has 144 valence electrons. The monoisotopic (exact) mass is 421 g/mol. The third-order valence-electron chi connectivity index (χ3n) is 4.60. The highest BCUT2D eigenvalue weighted by Crippen LogP contribution is 2.30. The Morgan fingerprint density at radius 3 is 2.48 bits per heavy atom. The molecule has 0 atom stereocenters. The summed E-state index contributed by atoms with van der Waals surface area (Å²) in [6.45, 7) is 0. The summed E-state index contributed by atoms with van der Waals surface area (Å²) in [6, 6.07) is 24.1. The average Bonchev–Trinajstić information content (AvgIpc) is 2.73. The SMILES string of the molecule is CN(C(=O)Nc1ccc2nc(-c3ccc(Cl)cc3Cl)ccc2c1)c1ccccc1. The molecule has 0 aliphatic heterocycles. The predicted molar refractivity (Wildman–Crippen MR) is 121 cm³/mol. The number of hydrogen-bond donors (Lipinski definition) is 1. The van der Waals surface area contributed by atoms with E-state index in [0.717, 1.165) is 27.8 Å². The molecule has 0 aliphatic carbocycles. The summed E-state index contributed by atoms with van der Waals surface area (Å²) in [7, 11) is 1.73. The van der Waals surface area contributed by atoms with E-state index in [4.69, 9.17) is 23.2 Å². The second kappa shape index (κ2) is 8.11. The number of urea groups is 1. The van der Waals surface area contributed by atoms with E-state index in [1.807, 2.05) is 66.7 Å². The van der Waals surface area contributed by atoms with Crippen molar-refractivity contribution in [3.05, 3.63) is 88.9 Å². The number of nitrogens with one attached hydrogen (secondary N) is 1. The highest BCUT2D eigenvalue weighted by atomic mass is 35.5. The number of carbonyl (C=O) groups excluding carboxylic acids is 1. The van der Waals surface area contributed by atoms with E-state index in [2.05, 4.69) is 10.3 Å². The number of fused-ring (bicyclic) bond motifs is 1. The second-order valence-electron chi connectivity index (χ2n) is 6.55. The minimum Gasteiger partial charge on any atom is -0.308 e. The first-order valence-electron chi connectivity index (χ1n) is 8.97. The zero-order valence-corrected chi connectivity index (χ0v) is 17.1. The molecule has 2 amide bonds. The first kappa shape index (κ1) is 19.2. The zero-order chi connectivity index (χ0) is 20.4. The Balaban J connectivity index is 1.58. The van der Waals surface area contributed by atoms with Crippen LogP contribution in [0.3, 0.4) is 0 Å². The quantitative estimate of drug-likeness (QED) is 0.391. The number of amides is 2. The number of halogens is 2. The average molecular weight is 422 g/mol. The van der Waals surface area contributed by atoms with E-state index >= 15 is 0 Å². The van der Waals surface area contributed by atoms with Crippen LogP contribution in [0.15, 0.2) is 78.9 Å². The zero-order valence-electron chi connectivity index (χ0n) is 15.6. The van der Waals surface area contributed by atoms with Gasteiger partial charge in [0, 0.05) is 34.4 Å². The number of nitrogens with zero attached hydrogens (tertiary/aromatic N) is 2. The number of pyridine rings is 1. The Hall–Kier alpha value is -3.08. The van der Waals surface area contributed by atoms with Crippen molar-refractivity contribution >= 4 is 51.5 Å². The lowest BCUT2D eigenvalue weighted by atomic mass is 10.1. The highest BCUT2D eigenvalue weighted by Gasteiger charge is 2.12. The van der Waals surface area contributed by atoms with Crippen molar-refractivity contribution in [1.82, 2.24) is 4.98 Å². The molecule has 0 spiro atoms. The van der Waals surface area contributed by atoms with Crippen LogP contribution in [0.5, 0.6) is 0 Å². The van der Waals surface area contributed by atoms with E-state index in [-0.39, 0.29) is 6.03 Å². The van der Waals surface area contributed by atoms with Gasteiger partial charge < -0.3 is 5.32 Å². The summed E-state index contributed by atoms with van der Waals surface area (Å²) < 4.78 is 0. The minimum absolute atomic E-state index is 0.215. The van der Waals surface area contributed by atoms with Gasteiger partial charge in [0.2, 0.25) is 0 Å². The van der Waals surface area contributed by atoms with Crippen molar-refractivity contribution in [2.75, 3.05) is 17.3 Å². The van der Waals surface area contributed by atoms with Gasteiger partial charge in [0.05, 0.1) is 16.2 Å². The lowest BCUT2D eigenvalue weighted by Gasteiger charge is -2.18. The normalized spacial score (nSPS) is 10.7. The van der Waals surface area contributed by atoms with Crippen molar-refractivity contribution in [1.29, 1.82) is 0 Å². The van der Waals surface area contributed by atoms with Gasteiger partial charge in [-0.1, -0.05) is 47.5 Å². The van der Waals surface area contributed by atoms with Crippen molar-refractivity contribution < 1.29 is 4.79 Å². The molecule has 0 radical (unpaired) electrons. The molecule has 1 N–H and O–H groups in total. The van der Waals surface area contributed by atoms with Crippen LogP contribution in [-0.4, -0.2) is 18.1 Å². The third-order valence-corrected chi connectivity index (χ3v) is 5.14. The topological polar surface area (TPSA) is 45.2 Å². The summed E-state index contributed by atoms with van der Waals surface area (Å²) in [4.78, 5) is 18.8. The van der Waals surface area contributed by atoms with Gasteiger partial charge in [-0.25, -0.2) is 9.78 Å². The maximum absolute atomic E-state index is 12.5. The number of para-hydroxylation sites is 1. The Labute approximate surface area is 178 Å². The molecular formula is C23H17Cl2N3O. The number of carbonyl (C=O) groups is 1. The van der Waals surface area contributed by atoms with E-state index in [1.165, 1.54) is 0 Å². The Kier molecular flexibility index (Phi) is 5.38. The number of rotatable bonds is 3. The largest absolute Gasteiger partial charge is 0.326 e. The van der Waals surface area contributed by atoms with Crippen LogP contribution in [0, 0.1) is 0 Å². The van der Waals surface area contributed by atoms with Gasteiger partial charge in [-0.3, -0.25) is 4.90 Å². The first-order valence-corrected chi connectivity index (χ1v) is 9.73. The van der Waals surface area contributed by atoms with E-state index in [1.54, 1.807) is 24.1 Å². The Bertz CT molecular complexity index is 1200. The Morgan fingerprint density at radius 2 is 1.72 bits per heavy atom. The summed E-state index contributed by atoms with van der Waals surface area (Å²) in [5.41, 5.74) is 3.91. The van der Waals surface area contributed by atoms with Gasteiger partial charge in [-0.2, -0.15) is 0 Å². The molecule has 4 nitrogen and oxygen atoms in total. The van der Waals surface area contributed by atoms with Gasteiger partial charge in [0.25, 0.3) is 0 Å². The summed E-state index contributed by atoms with van der Waals surface area (Å²) in [5, 5.41) is 4.97. The maximum Gasteiger partial charge on any atom is 0.326 e. The smallest absolute Gasteiger partial charge is 0.308 e. The Morgan fingerprint density at radius 1 is 0.931 bits per heavy atom.